The molecule has 18 heavy (non-hydrogen) atoms. The molecule has 2 aliphatic heterocycles. The molecule has 0 aromatic rings. The Morgan fingerprint density at radius 2 is 2.44 bits per heavy atom. The summed E-state index contributed by atoms with van der Waals surface area (Å²) in [4.78, 5) is 11.9. The molecule has 0 bridgehead atoms. The van der Waals surface area contributed by atoms with Gasteiger partial charge < -0.3 is 14.8 Å². The first-order valence-corrected chi connectivity index (χ1v) is 6.46. The number of hydrazone groups is 1. The third-order valence-corrected chi connectivity index (χ3v) is 3.13. The summed E-state index contributed by atoms with van der Waals surface area (Å²) >= 11 is 0. The Morgan fingerprint density at radius 1 is 1.61 bits per heavy atom. The fourth-order valence-corrected chi connectivity index (χ4v) is 2.21. The highest BCUT2D eigenvalue weighted by Crippen LogP contribution is 2.10. The average Bonchev–Trinajstić information content (AvgIpc) is 2.90. The van der Waals surface area contributed by atoms with Gasteiger partial charge in [-0.1, -0.05) is 0 Å². The molecule has 1 saturated heterocycles. The second-order valence-electron chi connectivity index (χ2n) is 4.68. The summed E-state index contributed by atoms with van der Waals surface area (Å²) in [6.45, 7) is 6.78. The molecule has 0 aromatic heterocycles. The highest BCUT2D eigenvalue weighted by Gasteiger charge is 2.30. The third kappa shape index (κ3) is 3.43. The zero-order valence-corrected chi connectivity index (χ0v) is 11.0. The van der Waals surface area contributed by atoms with Gasteiger partial charge in [0, 0.05) is 25.3 Å². The van der Waals surface area contributed by atoms with Crippen molar-refractivity contribution >= 4 is 11.6 Å². The third-order valence-electron chi connectivity index (χ3n) is 3.13. The second-order valence-corrected chi connectivity index (χ2v) is 4.68. The van der Waals surface area contributed by atoms with E-state index in [-0.39, 0.29) is 18.1 Å². The fourth-order valence-electron chi connectivity index (χ4n) is 2.21. The van der Waals surface area contributed by atoms with Crippen LogP contribution in [0.15, 0.2) is 5.10 Å². The molecule has 0 aliphatic carbocycles. The lowest BCUT2D eigenvalue weighted by atomic mass is 10.2. The van der Waals surface area contributed by atoms with Gasteiger partial charge in [-0.05, 0) is 13.8 Å². The van der Waals surface area contributed by atoms with Crippen molar-refractivity contribution in [2.45, 2.75) is 32.4 Å². The number of amides is 1. The summed E-state index contributed by atoms with van der Waals surface area (Å²) in [7, 11) is 0. The molecule has 2 aliphatic rings. The number of carbonyl (C=O) groups excluding carboxylic acids is 1. The summed E-state index contributed by atoms with van der Waals surface area (Å²) in [5.74, 6) is -0.0198. The van der Waals surface area contributed by atoms with Gasteiger partial charge in [-0.2, -0.15) is 5.10 Å². The fraction of sp³-hybridized carbons (Fsp3) is 0.833. The Labute approximate surface area is 107 Å². The van der Waals surface area contributed by atoms with Gasteiger partial charge in [0.15, 0.2) is 0 Å². The van der Waals surface area contributed by atoms with Crippen molar-refractivity contribution in [3.05, 3.63) is 0 Å². The van der Waals surface area contributed by atoms with Gasteiger partial charge in [0.1, 0.15) is 12.6 Å². The van der Waals surface area contributed by atoms with Gasteiger partial charge in [0.05, 0.1) is 19.3 Å². The summed E-state index contributed by atoms with van der Waals surface area (Å²) in [6, 6.07) is -0.0369. The van der Waals surface area contributed by atoms with E-state index >= 15 is 0 Å². The van der Waals surface area contributed by atoms with Crippen LogP contribution in [0.2, 0.25) is 0 Å². The van der Waals surface area contributed by atoms with Crippen LogP contribution in [0.5, 0.6) is 0 Å². The van der Waals surface area contributed by atoms with E-state index in [4.69, 9.17) is 9.47 Å². The van der Waals surface area contributed by atoms with E-state index in [9.17, 15) is 4.79 Å². The largest absolute Gasteiger partial charge is 0.376 e. The van der Waals surface area contributed by atoms with Crippen molar-refractivity contribution in [1.29, 1.82) is 0 Å². The standard InChI is InChI=1S/C12H21N3O3/c1-3-18-11-8-17-7-10(11)13-12(16)6-15-5-4-9(2)14-15/h10-11H,3-8H2,1-2H3,(H,13,16)/t10-,11-/m1/s1. The van der Waals surface area contributed by atoms with Crippen LogP contribution in [0.4, 0.5) is 0 Å². The minimum atomic E-state index is -0.0369. The molecule has 0 aromatic carbocycles. The monoisotopic (exact) mass is 255 g/mol. The van der Waals surface area contributed by atoms with Crippen LogP contribution >= 0.6 is 0 Å². The maximum Gasteiger partial charge on any atom is 0.241 e. The van der Waals surface area contributed by atoms with Crippen molar-refractivity contribution in [2.24, 2.45) is 5.10 Å². The molecule has 2 heterocycles. The van der Waals surface area contributed by atoms with Gasteiger partial charge in [-0.25, -0.2) is 0 Å². The number of hydrogen-bond acceptors (Lipinski definition) is 5. The molecule has 102 valence electrons. The van der Waals surface area contributed by atoms with Gasteiger partial charge >= 0.3 is 0 Å². The normalized spacial score (nSPS) is 27.4. The van der Waals surface area contributed by atoms with Crippen LogP contribution in [-0.4, -0.2) is 61.7 Å². The molecule has 6 nitrogen and oxygen atoms in total. The molecule has 6 heteroatoms. The van der Waals surface area contributed by atoms with Gasteiger partial charge in [0.2, 0.25) is 5.91 Å². The molecule has 2 rings (SSSR count). The Kier molecular flexibility index (Phi) is 4.54. The van der Waals surface area contributed by atoms with Crippen LogP contribution < -0.4 is 5.32 Å². The van der Waals surface area contributed by atoms with Crippen LogP contribution in [0.1, 0.15) is 20.3 Å². The quantitative estimate of drug-likeness (QED) is 0.750. The van der Waals surface area contributed by atoms with Crippen molar-refractivity contribution in [3.8, 4) is 0 Å². The lowest BCUT2D eigenvalue weighted by Crippen LogP contribution is -2.46. The summed E-state index contributed by atoms with van der Waals surface area (Å²) in [5.41, 5.74) is 1.08. The predicted octanol–water partition coefficient (Wildman–Crippen LogP) is -0.0119. The number of nitrogens with one attached hydrogen (secondary N) is 1. The second kappa shape index (κ2) is 6.15. The maximum atomic E-state index is 11.9. The summed E-state index contributed by atoms with van der Waals surface area (Å²) in [5, 5.41) is 9.04. The smallest absolute Gasteiger partial charge is 0.241 e. The van der Waals surface area contributed by atoms with Gasteiger partial charge in [-0.15, -0.1) is 0 Å². The first-order valence-electron chi connectivity index (χ1n) is 6.46. The molecule has 0 radical (unpaired) electrons. The van der Waals surface area contributed by atoms with Crippen LogP contribution in [-0.2, 0) is 14.3 Å². The number of carbonyl (C=O) groups is 1. The van der Waals surface area contributed by atoms with E-state index in [0.717, 1.165) is 18.7 Å². The molecule has 1 fully saturated rings. The predicted molar refractivity (Wildman–Crippen MR) is 67.5 cm³/mol. The number of rotatable bonds is 5. The van der Waals surface area contributed by atoms with E-state index in [1.54, 1.807) is 5.01 Å². The number of hydrogen-bond donors (Lipinski definition) is 1. The molecule has 0 unspecified atom stereocenters. The highest BCUT2D eigenvalue weighted by atomic mass is 16.5. The van der Waals surface area contributed by atoms with E-state index in [1.807, 2.05) is 13.8 Å². The average molecular weight is 255 g/mol. The first-order chi connectivity index (χ1) is 8.69. The van der Waals surface area contributed by atoms with Gasteiger partial charge in [-0.3, -0.25) is 9.80 Å². The Balaban J connectivity index is 1.76. The minimum Gasteiger partial charge on any atom is -0.376 e. The maximum absolute atomic E-state index is 11.9. The zero-order chi connectivity index (χ0) is 13.0. The summed E-state index contributed by atoms with van der Waals surface area (Å²) in [6.07, 6.45) is 0.921. The SMILES string of the molecule is CCO[C@@H]1COC[C@H]1NC(=O)CN1CCC(C)=N1. The molecule has 1 N–H and O–H groups in total. The number of nitrogens with zero attached hydrogens (tertiary/aromatic N) is 2. The van der Waals surface area contributed by atoms with Crippen molar-refractivity contribution in [2.75, 3.05) is 32.9 Å². The van der Waals surface area contributed by atoms with E-state index in [0.29, 0.717) is 26.4 Å². The molecular formula is C12H21N3O3. The van der Waals surface area contributed by atoms with Crippen LogP contribution in [0.3, 0.4) is 0 Å². The zero-order valence-electron chi connectivity index (χ0n) is 11.0. The lowest BCUT2D eigenvalue weighted by Gasteiger charge is -2.20. The minimum absolute atomic E-state index is 0.0198. The van der Waals surface area contributed by atoms with Crippen molar-refractivity contribution < 1.29 is 14.3 Å². The Hall–Kier alpha value is -1.14. The van der Waals surface area contributed by atoms with Crippen molar-refractivity contribution in [3.63, 3.8) is 0 Å². The first kappa shape index (κ1) is 13.3. The van der Waals surface area contributed by atoms with E-state index < -0.39 is 0 Å². The highest BCUT2D eigenvalue weighted by molar-refractivity contribution is 5.84. The Morgan fingerprint density at radius 3 is 3.11 bits per heavy atom. The van der Waals surface area contributed by atoms with Crippen molar-refractivity contribution in [1.82, 2.24) is 10.3 Å². The Bertz CT molecular complexity index is 333. The topological polar surface area (TPSA) is 63.2 Å². The molecule has 1 amide bonds. The molecular weight excluding hydrogens is 234 g/mol. The molecule has 0 saturated carbocycles. The van der Waals surface area contributed by atoms with E-state index in [2.05, 4.69) is 10.4 Å². The van der Waals surface area contributed by atoms with Gasteiger partial charge in [0.25, 0.3) is 0 Å². The number of ether oxygens (including phenoxy) is 2. The summed E-state index contributed by atoms with van der Waals surface area (Å²) < 4.78 is 10.9. The van der Waals surface area contributed by atoms with E-state index in [1.165, 1.54) is 0 Å². The molecule has 2 atom stereocenters. The van der Waals surface area contributed by atoms with Crippen LogP contribution in [0, 0.1) is 0 Å². The van der Waals surface area contributed by atoms with Crippen LogP contribution in [0.25, 0.3) is 0 Å². The molecule has 0 spiro atoms. The lowest BCUT2D eigenvalue weighted by molar-refractivity contribution is -0.123.